The van der Waals surface area contributed by atoms with Gasteiger partial charge in [0.05, 0.1) is 17.7 Å². The molecule has 0 saturated heterocycles. The number of nitrogens with zero attached hydrogens (tertiary/aromatic N) is 1. The first-order valence-electron chi connectivity index (χ1n) is 7.59. The SMILES string of the molecule is CCCCN1C(C(F)(F)F)=CS/C1=C\C(=O)c1cc(Cl)ccc1OC. The van der Waals surface area contributed by atoms with Crippen molar-refractivity contribution < 1.29 is 22.7 Å². The number of ether oxygens (including phenoxy) is 1. The van der Waals surface area contributed by atoms with Crippen LogP contribution < -0.4 is 4.74 Å². The zero-order chi connectivity index (χ0) is 18.6. The van der Waals surface area contributed by atoms with E-state index in [1.54, 1.807) is 12.1 Å². The maximum absolute atomic E-state index is 13.2. The summed E-state index contributed by atoms with van der Waals surface area (Å²) in [6.45, 7) is 2.09. The lowest BCUT2D eigenvalue weighted by Crippen LogP contribution is -2.28. The monoisotopic (exact) mass is 391 g/mol. The maximum atomic E-state index is 13.2. The molecule has 1 aromatic carbocycles. The first-order valence-corrected chi connectivity index (χ1v) is 8.84. The molecule has 136 valence electrons. The lowest BCUT2D eigenvalue weighted by atomic mass is 10.1. The number of thioether (sulfide) groups is 1. The van der Waals surface area contributed by atoms with Crippen LogP contribution in [0.3, 0.4) is 0 Å². The Bertz CT molecular complexity index is 716. The number of carbonyl (C=O) groups excluding carboxylic acids is 1. The second-order valence-electron chi connectivity index (χ2n) is 5.32. The molecule has 1 aliphatic heterocycles. The molecule has 0 radical (unpaired) electrons. The summed E-state index contributed by atoms with van der Waals surface area (Å²) in [5, 5.41) is 1.62. The second-order valence-corrected chi connectivity index (χ2v) is 6.64. The molecule has 1 aliphatic rings. The van der Waals surface area contributed by atoms with Crippen molar-refractivity contribution in [2.45, 2.75) is 25.9 Å². The fourth-order valence-electron chi connectivity index (χ4n) is 2.30. The number of alkyl halides is 3. The van der Waals surface area contributed by atoms with Gasteiger partial charge in [0.1, 0.15) is 11.4 Å². The first-order chi connectivity index (χ1) is 11.8. The van der Waals surface area contributed by atoms with E-state index in [2.05, 4.69) is 0 Å². The summed E-state index contributed by atoms with van der Waals surface area (Å²) in [5.41, 5.74) is -0.540. The molecular formula is C17H17ClF3NO2S. The van der Waals surface area contributed by atoms with Crippen molar-refractivity contribution in [1.29, 1.82) is 0 Å². The molecule has 3 nitrogen and oxygen atoms in total. The van der Waals surface area contributed by atoms with Crippen LogP contribution in [-0.4, -0.2) is 30.5 Å². The van der Waals surface area contributed by atoms with E-state index in [0.717, 1.165) is 28.5 Å². The number of hydrogen-bond acceptors (Lipinski definition) is 4. The molecule has 0 aliphatic carbocycles. The third-order valence-corrected chi connectivity index (χ3v) is 4.71. The number of methoxy groups -OCH3 is 1. The molecule has 8 heteroatoms. The van der Waals surface area contributed by atoms with E-state index in [0.29, 0.717) is 17.2 Å². The average Bonchev–Trinajstić information content (AvgIpc) is 2.95. The maximum Gasteiger partial charge on any atom is 0.431 e. The molecule has 0 saturated carbocycles. The molecule has 1 heterocycles. The largest absolute Gasteiger partial charge is 0.496 e. The van der Waals surface area contributed by atoms with E-state index in [-0.39, 0.29) is 17.1 Å². The van der Waals surface area contributed by atoms with Crippen LogP contribution in [0.4, 0.5) is 13.2 Å². The summed E-state index contributed by atoms with van der Waals surface area (Å²) in [5.74, 6) is -0.140. The van der Waals surface area contributed by atoms with Crippen LogP contribution >= 0.6 is 23.4 Å². The first kappa shape index (κ1) is 19.7. The van der Waals surface area contributed by atoms with Crippen LogP contribution in [0.5, 0.6) is 5.75 Å². The summed E-state index contributed by atoms with van der Waals surface area (Å²) < 4.78 is 44.6. The van der Waals surface area contributed by atoms with E-state index in [4.69, 9.17) is 16.3 Å². The van der Waals surface area contributed by atoms with Gasteiger partial charge in [0.15, 0.2) is 5.78 Å². The lowest BCUT2D eigenvalue weighted by molar-refractivity contribution is -0.107. The third kappa shape index (κ3) is 4.73. The van der Waals surface area contributed by atoms with Crippen molar-refractivity contribution >= 4 is 29.1 Å². The second kappa shape index (κ2) is 8.19. The number of carbonyl (C=O) groups is 1. The molecule has 0 fully saturated rings. The molecule has 0 aromatic heterocycles. The molecule has 0 spiro atoms. The minimum Gasteiger partial charge on any atom is -0.496 e. The molecule has 0 bridgehead atoms. The average molecular weight is 392 g/mol. The normalized spacial score (nSPS) is 16.3. The quantitative estimate of drug-likeness (QED) is 0.464. The summed E-state index contributed by atoms with van der Waals surface area (Å²) in [4.78, 5) is 13.7. The van der Waals surface area contributed by atoms with Gasteiger partial charge in [-0.05, 0) is 24.6 Å². The van der Waals surface area contributed by atoms with E-state index in [1.807, 2.05) is 6.92 Å². The number of unbranched alkanes of at least 4 members (excludes halogenated alkanes) is 1. The highest BCUT2D eigenvalue weighted by Crippen LogP contribution is 2.42. The number of hydrogen-bond donors (Lipinski definition) is 0. The molecule has 0 N–H and O–H groups in total. The Balaban J connectivity index is 2.33. The Morgan fingerprint density at radius 1 is 1.40 bits per heavy atom. The van der Waals surface area contributed by atoms with Gasteiger partial charge in [-0.2, -0.15) is 13.2 Å². The van der Waals surface area contributed by atoms with Gasteiger partial charge in [0, 0.05) is 23.1 Å². The molecule has 0 atom stereocenters. The van der Waals surface area contributed by atoms with Gasteiger partial charge in [0.2, 0.25) is 0 Å². The highest BCUT2D eigenvalue weighted by Gasteiger charge is 2.41. The van der Waals surface area contributed by atoms with Crippen molar-refractivity contribution in [2.24, 2.45) is 0 Å². The standard InChI is InChI=1S/C17H17ClF3NO2S/c1-3-4-7-22-15(17(19,20)21)10-25-16(22)9-13(23)12-8-11(18)5-6-14(12)24-2/h5-6,8-10H,3-4,7H2,1-2H3/b16-9-. The van der Waals surface area contributed by atoms with Crippen molar-refractivity contribution in [3.05, 3.63) is 51.0 Å². The van der Waals surface area contributed by atoms with Crippen LogP contribution in [0.15, 0.2) is 40.4 Å². The Morgan fingerprint density at radius 3 is 2.72 bits per heavy atom. The Morgan fingerprint density at radius 2 is 2.12 bits per heavy atom. The number of halogens is 4. The highest BCUT2D eigenvalue weighted by molar-refractivity contribution is 8.06. The van der Waals surface area contributed by atoms with E-state index in [9.17, 15) is 18.0 Å². The topological polar surface area (TPSA) is 29.5 Å². The van der Waals surface area contributed by atoms with Crippen LogP contribution in [0.25, 0.3) is 0 Å². The van der Waals surface area contributed by atoms with Crippen LogP contribution in [0, 0.1) is 0 Å². The Kier molecular flexibility index (Phi) is 6.46. The fourth-order valence-corrected chi connectivity index (χ4v) is 3.46. The van der Waals surface area contributed by atoms with Crippen molar-refractivity contribution in [1.82, 2.24) is 4.90 Å². The highest BCUT2D eigenvalue weighted by atomic mass is 35.5. The molecule has 2 rings (SSSR count). The number of ketones is 1. The van der Waals surface area contributed by atoms with Gasteiger partial charge in [-0.1, -0.05) is 36.7 Å². The van der Waals surface area contributed by atoms with Gasteiger partial charge in [-0.25, -0.2) is 0 Å². The van der Waals surface area contributed by atoms with E-state index >= 15 is 0 Å². The third-order valence-electron chi connectivity index (χ3n) is 3.56. The van der Waals surface area contributed by atoms with Gasteiger partial charge < -0.3 is 9.64 Å². The van der Waals surface area contributed by atoms with Gasteiger partial charge >= 0.3 is 6.18 Å². The summed E-state index contributed by atoms with van der Waals surface area (Å²) in [7, 11) is 1.41. The summed E-state index contributed by atoms with van der Waals surface area (Å²) in [6, 6.07) is 4.56. The summed E-state index contributed by atoms with van der Waals surface area (Å²) in [6.07, 6.45) is -1.94. The minimum absolute atomic E-state index is 0.195. The number of allylic oxidation sites excluding steroid dienone is 2. The molecule has 25 heavy (non-hydrogen) atoms. The predicted octanol–water partition coefficient (Wildman–Crippen LogP) is 5.63. The van der Waals surface area contributed by atoms with E-state index < -0.39 is 17.7 Å². The smallest absolute Gasteiger partial charge is 0.431 e. The van der Waals surface area contributed by atoms with Gasteiger partial charge in [-0.15, -0.1) is 0 Å². The van der Waals surface area contributed by atoms with Crippen molar-refractivity contribution in [2.75, 3.05) is 13.7 Å². The van der Waals surface area contributed by atoms with Crippen LogP contribution in [0.1, 0.15) is 30.1 Å². The van der Waals surface area contributed by atoms with Crippen molar-refractivity contribution in [3.63, 3.8) is 0 Å². The van der Waals surface area contributed by atoms with Gasteiger partial charge in [0.25, 0.3) is 0 Å². The number of benzene rings is 1. The molecular weight excluding hydrogens is 375 g/mol. The zero-order valence-electron chi connectivity index (χ0n) is 13.7. The molecule has 0 unspecified atom stereocenters. The fraction of sp³-hybridized carbons (Fsp3) is 0.353. The molecule has 0 amide bonds. The lowest BCUT2D eigenvalue weighted by Gasteiger charge is -2.24. The molecule has 1 aromatic rings. The predicted molar refractivity (Wildman–Crippen MR) is 93.8 cm³/mol. The van der Waals surface area contributed by atoms with Crippen molar-refractivity contribution in [3.8, 4) is 5.75 Å². The van der Waals surface area contributed by atoms with E-state index in [1.165, 1.54) is 19.3 Å². The minimum atomic E-state index is -4.47. The zero-order valence-corrected chi connectivity index (χ0v) is 15.3. The Labute approximate surface area is 153 Å². The van der Waals surface area contributed by atoms with Gasteiger partial charge in [-0.3, -0.25) is 4.79 Å². The summed E-state index contributed by atoms with van der Waals surface area (Å²) >= 11 is 6.80. The van der Waals surface area contributed by atoms with Crippen LogP contribution in [0.2, 0.25) is 5.02 Å². The van der Waals surface area contributed by atoms with Crippen LogP contribution in [-0.2, 0) is 0 Å². The Hall–Kier alpha value is -1.60. The number of rotatable bonds is 6.